The Balaban J connectivity index is 3.09. The van der Waals surface area contributed by atoms with Crippen LogP contribution in [-0.4, -0.2) is 5.11 Å². The van der Waals surface area contributed by atoms with Gasteiger partial charge in [0.2, 0.25) is 0 Å². The van der Waals surface area contributed by atoms with Crippen molar-refractivity contribution in [2.75, 3.05) is 0 Å². The summed E-state index contributed by atoms with van der Waals surface area (Å²) in [5.74, 6) is 0.712. The van der Waals surface area contributed by atoms with Gasteiger partial charge in [0.25, 0.3) is 0 Å². The number of para-hydroxylation sites is 1. The van der Waals surface area contributed by atoms with Crippen LogP contribution in [0.5, 0.6) is 5.75 Å². The van der Waals surface area contributed by atoms with Gasteiger partial charge >= 0.3 is 0 Å². The van der Waals surface area contributed by atoms with Crippen LogP contribution in [0.1, 0.15) is 37.9 Å². The molecule has 0 saturated carbocycles. The fourth-order valence-electron chi connectivity index (χ4n) is 1.52. The van der Waals surface area contributed by atoms with Crippen molar-refractivity contribution in [2.45, 2.75) is 33.2 Å². The number of hydrogen-bond acceptors (Lipinski definition) is 2. The molecule has 0 aliphatic rings. The molecule has 0 spiro atoms. The highest BCUT2D eigenvalue weighted by Crippen LogP contribution is 2.30. The van der Waals surface area contributed by atoms with Crippen LogP contribution in [0, 0.1) is 5.92 Å². The first-order valence-electron chi connectivity index (χ1n) is 5.14. The molecule has 0 aromatic heterocycles. The second kappa shape index (κ2) is 4.47. The third kappa shape index (κ3) is 2.07. The van der Waals surface area contributed by atoms with Gasteiger partial charge in [-0.1, -0.05) is 39.0 Å². The van der Waals surface area contributed by atoms with Crippen LogP contribution in [-0.2, 0) is 6.42 Å². The lowest BCUT2D eigenvalue weighted by Crippen LogP contribution is -2.17. The average Bonchev–Trinajstić information content (AvgIpc) is 2.17. The maximum atomic E-state index is 9.93. The van der Waals surface area contributed by atoms with Gasteiger partial charge in [-0.05, 0) is 17.9 Å². The van der Waals surface area contributed by atoms with Crippen LogP contribution < -0.4 is 5.73 Å². The quantitative estimate of drug-likeness (QED) is 0.775. The van der Waals surface area contributed by atoms with E-state index < -0.39 is 0 Å². The summed E-state index contributed by atoms with van der Waals surface area (Å²) in [6.45, 7) is 6.14. The Bertz CT molecular complexity index is 307. The van der Waals surface area contributed by atoms with Crippen LogP contribution in [0.15, 0.2) is 18.2 Å². The van der Waals surface area contributed by atoms with E-state index in [-0.39, 0.29) is 6.04 Å². The highest BCUT2D eigenvalue weighted by atomic mass is 16.3. The summed E-state index contributed by atoms with van der Waals surface area (Å²) in [6.07, 6.45) is 0.838. The predicted octanol–water partition coefficient (Wildman–Crippen LogP) is 2.61. The normalized spacial score (nSPS) is 13.2. The minimum Gasteiger partial charge on any atom is -0.507 e. The summed E-state index contributed by atoms with van der Waals surface area (Å²) in [5.41, 5.74) is 7.83. The van der Waals surface area contributed by atoms with Crippen molar-refractivity contribution in [3.05, 3.63) is 29.3 Å². The standard InChI is InChI=1S/C12H19NO/c1-4-9-6-5-7-10(12(9)14)11(13)8(2)3/h5-8,11,14H,4,13H2,1-3H3/t11-/m1/s1. The minimum absolute atomic E-state index is 0.0819. The first kappa shape index (κ1) is 11.1. The molecule has 0 aliphatic carbocycles. The number of aromatic hydroxyl groups is 1. The largest absolute Gasteiger partial charge is 0.507 e. The first-order valence-corrected chi connectivity index (χ1v) is 5.14. The fourth-order valence-corrected chi connectivity index (χ4v) is 1.52. The Hall–Kier alpha value is -1.02. The molecule has 3 N–H and O–H groups in total. The molecule has 1 atom stereocenters. The van der Waals surface area contributed by atoms with Crippen molar-refractivity contribution in [1.29, 1.82) is 0 Å². The number of hydrogen-bond donors (Lipinski definition) is 2. The Labute approximate surface area is 85.8 Å². The second-order valence-corrected chi connectivity index (χ2v) is 3.98. The Kier molecular flexibility index (Phi) is 3.53. The van der Waals surface area contributed by atoms with Crippen LogP contribution in [0.25, 0.3) is 0 Å². The van der Waals surface area contributed by atoms with Gasteiger partial charge < -0.3 is 10.8 Å². The number of phenolic OH excluding ortho intramolecular Hbond substituents is 1. The molecule has 2 nitrogen and oxygen atoms in total. The molecular formula is C12H19NO. The summed E-state index contributed by atoms with van der Waals surface area (Å²) in [7, 11) is 0. The van der Waals surface area contributed by atoms with E-state index in [1.807, 2.05) is 25.1 Å². The third-order valence-corrected chi connectivity index (χ3v) is 2.61. The van der Waals surface area contributed by atoms with E-state index in [2.05, 4.69) is 13.8 Å². The topological polar surface area (TPSA) is 46.2 Å². The van der Waals surface area contributed by atoms with Gasteiger partial charge in [-0.2, -0.15) is 0 Å². The highest BCUT2D eigenvalue weighted by molar-refractivity contribution is 5.42. The number of aryl methyl sites for hydroxylation is 1. The van der Waals surface area contributed by atoms with E-state index in [1.165, 1.54) is 0 Å². The lowest BCUT2D eigenvalue weighted by molar-refractivity contribution is 0.435. The molecule has 0 heterocycles. The summed E-state index contributed by atoms with van der Waals surface area (Å²) in [4.78, 5) is 0. The molecule has 0 aliphatic heterocycles. The van der Waals surface area contributed by atoms with Crippen LogP contribution >= 0.6 is 0 Å². The lowest BCUT2D eigenvalue weighted by atomic mass is 9.94. The maximum Gasteiger partial charge on any atom is 0.123 e. The van der Waals surface area contributed by atoms with Crippen molar-refractivity contribution in [1.82, 2.24) is 0 Å². The SMILES string of the molecule is CCc1cccc([C@H](N)C(C)C)c1O. The molecule has 14 heavy (non-hydrogen) atoms. The van der Waals surface area contributed by atoms with Crippen LogP contribution in [0.2, 0.25) is 0 Å². The fraction of sp³-hybridized carbons (Fsp3) is 0.500. The maximum absolute atomic E-state index is 9.93. The third-order valence-electron chi connectivity index (χ3n) is 2.61. The molecule has 0 saturated heterocycles. The van der Waals surface area contributed by atoms with Crippen molar-refractivity contribution in [3.8, 4) is 5.75 Å². The number of rotatable bonds is 3. The molecule has 0 bridgehead atoms. The van der Waals surface area contributed by atoms with Crippen LogP contribution in [0.3, 0.4) is 0 Å². The molecule has 1 aromatic rings. The van der Waals surface area contributed by atoms with Gasteiger partial charge in [-0.15, -0.1) is 0 Å². The molecule has 0 amide bonds. The molecule has 1 aromatic carbocycles. The van der Waals surface area contributed by atoms with Gasteiger partial charge in [0, 0.05) is 11.6 Å². The molecule has 0 radical (unpaired) electrons. The van der Waals surface area contributed by atoms with E-state index in [9.17, 15) is 5.11 Å². The monoisotopic (exact) mass is 193 g/mol. The predicted molar refractivity (Wildman–Crippen MR) is 59.3 cm³/mol. The Morgan fingerprint density at radius 3 is 2.50 bits per heavy atom. The zero-order valence-corrected chi connectivity index (χ0v) is 9.12. The van der Waals surface area contributed by atoms with Crippen molar-refractivity contribution >= 4 is 0 Å². The van der Waals surface area contributed by atoms with Gasteiger partial charge in [0.05, 0.1) is 0 Å². The average molecular weight is 193 g/mol. The molecule has 0 fully saturated rings. The van der Waals surface area contributed by atoms with Gasteiger partial charge in [-0.3, -0.25) is 0 Å². The van der Waals surface area contributed by atoms with E-state index in [0.717, 1.165) is 17.5 Å². The lowest BCUT2D eigenvalue weighted by Gasteiger charge is -2.18. The smallest absolute Gasteiger partial charge is 0.123 e. The summed E-state index contributed by atoms with van der Waals surface area (Å²) >= 11 is 0. The molecular weight excluding hydrogens is 174 g/mol. The van der Waals surface area contributed by atoms with Crippen molar-refractivity contribution in [3.63, 3.8) is 0 Å². The molecule has 0 unspecified atom stereocenters. The van der Waals surface area contributed by atoms with E-state index in [0.29, 0.717) is 11.7 Å². The van der Waals surface area contributed by atoms with E-state index in [4.69, 9.17) is 5.73 Å². The minimum atomic E-state index is -0.0819. The Morgan fingerprint density at radius 1 is 1.36 bits per heavy atom. The van der Waals surface area contributed by atoms with Crippen molar-refractivity contribution in [2.24, 2.45) is 11.7 Å². The summed E-state index contributed by atoms with van der Waals surface area (Å²) in [6, 6.07) is 5.71. The summed E-state index contributed by atoms with van der Waals surface area (Å²) < 4.78 is 0. The zero-order chi connectivity index (χ0) is 10.7. The Morgan fingerprint density at radius 2 is 2.00 bits per heavy atom. The van der Waals surface area contributed by atoms with Crippen LogP contribution in [0.4, 0.5) is 0 Å². The first-order chi connectivity index (χ1) is 6.57. The molecule has 1 rings (SSSR count). The second-order valence-electron chi connectivity index (χ2n) is 3.98. The molecule has 2 heteroatoms. The highest BCUT2D eigenvalue weighted by Gasteiger charge is 2.15. The number of benzene rings is 1. The number of nitrogens with two attached hydrogens (primary N) is 1. The van der Waals surface area contributed by atoms with E-state index in [1.54, 1.807) is 0 Å². The van der Waals surface area contributed by atoms with Gasteiger partial charge in [-0.25, -0.2) is 0 Å². The molecule has 78 valence electrons. The van der Waals surface area contributed by atoms with Crippen molar-refractivity contribution < 1.29 is 5.11 Å². The number of phenols is 1. The van der Waals surface area contributed by atoms with Gasteiger partial charge in [0.15, 0.2) is 0 Å². The summed E-state index contributed by atoms with van der Waals surface area (Å²) in [5, 5.41) is 9.93. The van der Waals surface area contributed by atoms with Gasteiger partial charge in [0.1, 0.15) is 5.75 Å². The van der Waals surface area contributed by atoms with E-state index >= 15 is 0 Å². The zero-order valence-electron chi connectivity index (χ0n) is 9.12.